The van der Waals surface area contributed by atoms with Crippen molar-refractivity contribution >= 4 is 28.2 Å². The number of hydrogen-bond acceptors (Lipinski definition) is 5. The van der Waals surface area contributed by atoms with E-state index in [-0.39, 0.29) is 24.9 Å². The van der Waals surface area contributed by atoms with Gasteiger partial charge in [0.2, 0.25) is 5.91 Å². The van der Waals surface area contributed by atoms with Crippen LogP contribution in [-0.2, 0) is 16.1 Å². The van der Waals surface area contributed by atoms with Gasteiger partial charge in [-0.05, 0) is 48.9 Å². The molecule has 1 aromatic heterocycles. The number of anilines is 1. The number of ether oxygens (including phenoxy) is 1. The van der Waals surface area contributed by atoms with E-state index < -0.39 is 5.97 Å². The molecule has 1 amide bonds. The maximum atomic E-state index is 13.1. The summed E-state index contributed by atoms with van der Waals surface area (Å²) in [7, 11) is 0. The average molecular weight is 376 g/mol. The molecule has 1 heterocycles. The van der Waals surface area contributed by atoms with Crippen LogP contribution >= 0.6 is 11.3 Å². The minimum absolute atomic E-state index is 0.174. The molecule has 5 nitrogen and oxygen atoms in total. The van der Waals surface area contributed by atoms with Gasteiger partial charge in [-0.1, -0.05) is 12.1 Å². The lowest BCUT2D eigenvalue weighted by atomic mass is 10.2. The van der Waals surface area contributed by atoms with Crippen LogP contribution in [0, 0.1) is 5.82 Å². The van der Waals surface area contributed by atoms with Crippen molar-refractivity contribution in [2.45, 2.75) is 32.4 Å². The van der Waals surface area contributed by atoms with Gasteiger partial charge in [0.05, 0.1) is 18.7 Å². The predicted octanol–water partition coefficient (Wildman–Crippen LogP) is 3.67. The molecule has 7 heteroatoms. The second kappa shape index (κ2) is 8.42. The van der Waals surface area contributed by atoms with Crippen LogP contribution in [0.25, 0.3) is 0 Å². The van der Waals surface area contributed by atoms with Gasteiger partial charge in [-0.15, -0.1) is 11.3 Å². The third kappa shape index (κ3) is 4.89. The Morgan fingerprint density at radius 3 is 2.65 bits per heavy atom. The number of nitrogens with zero attached hydrogens (tertiary/aromatic N) is 1. The first-order chi connectivity index (χ1) is 12.6. The van der Waals surface area contributed by atoms with Gasteiger partial charge >= 0.3 is 5.97 Å². The van der Waals surface area contributed by atoms with Crippen LogP contribution in [0.1, 0.15) is 35.7 Å². The zero-order valence-electron chi connectivity index (χ0n) is 14.5. The van der Waals surface area contributed by atoms with E-state index in [1.54, 1.807) is 30.5 Å². The fraction of sp³-hybridized carbons (Fsp3) is 0.368. The molecule has 0 bridgehead atoms. The average Bonchev–Trinajstić information content (AvgIpc) is 3.36. The summed E-state index contributed by atoms with van der Waals surface area (Å²) < 4.78 is 18.1. The highest BCUT2D eigenvalue weighted by molar-refractivity contribution is 7.14. The van der Waals surface area contributed by atoms with E-state index in [0.29, 0.717) is 23.2 Å². The summed E-state index contributed by atoms with van der Waals surface area (Å²) in [5.74, 6) is -0.880. The predicted molar refractivity (Wildman–Crippen MR) is 98.7 cm³/mol. The summed E-state index contributed by atoms with van der Waals surface area (Å²) in [5.41, 5.74) is 1.34. The molecule has 0 saturated heterocycles. The lowest BCUT2D eigenvalue weighted by Gasteiger charge is -2.21. The standard InChI is InChI=1S/C19H21FN2O3S/c1-2-25-19(24)16-9-10-26-18(16)21-17(23)12-22(15-7-8-15)11-13-3-5-14(20)6-4-13/h3-6,9-10,15H,2,7-8,11-12H2,1H3,(H,21,23). The van der Waals surface area contributed by atoms with Crippen LogP contribution in [0.15, 0.2) is 35.7 Å². The number of thiophene rings is 1. The number of carbonyl (C=O) groups is 2. The molecule has 138 valence electrons. The normalized spacial score (nSPS) is 13.7. The van der Waals surface area contributed by atoms with Crippen LogP contribution < -0.4 is 5.32 Å². The van der Waals surface area contributed by atoms with Crippen molar-refractivity contribution in [1.29, 1.82) is 0 Å². The zero-order valence-corrected chi connectivity index (χ0v) is 15.4. The van der Waals surface area contributed by atoms with E-state index >= 15 is 0 Å². The van der Waals surface area contributed by atoms with Crippen molar-refractivity contribution in [3.05, 3.63) is 52.7 Å². The van der Waals surface area contributed by atoms with E-state index in [4.69, 9.17) is 4.74 Å². The second-order valence-electron chi connectivity index (χ2n) is 6.19. The third-order valence-electron chi connectivity index (χ3n) is 4.12. The number of hydrogen-bond donors (Lipinski definition) is 1. The van der Waals surface area contributed by atoms with E-state index in [0.717, 1.165) is 18.4 Å². The van der Waals surface area contributed by atoms with Gasteiger partial charge in [-0.3, -0.25) is 9.69 Å². The number of rotatable bonds is 8. The first kappa shape index (κ1) is 18.5. The second-order valence-corrected chi connectivity index (χ2v) is 7.11. The number of amides is 1. The Morgan fingerprint density at radius 2 is 2.00 bits per heavy atom. The van der Waals surface area contributed by atoms with Crippen molar-refractivity contribution in [3.63, 3.8) is 0 Å². The Bertz CT molecular complexity index is 771. The molecular formula is C19H21FN2O3S. The highest BCUT2D eigenvalue weighted by atomic mass is 32.1. The fourth-order valence-electron chi connectivity index (χ4n) is 2.70. The molecule has 0 radical (unpaired) electrons. The molecule has 2 aromatic rings. The molecule has 0 unspecified atom stereocenters. The summed E-state index contributed by atoms with van der Waals surface area (Å²) in [5, 5.41) is 5.07. The first-order valence-corrected chi connectivity index (χ1v) is 9.47. The maximum absolute atomic E-state index is 13.1. The van der Waals surface area contributed by atoms with Crippen LogP contribution in [0.3, 0.4) is 0 Å². The van der Waals surface area contributed by atoms with Crippen molar-refractivity contribution in [1.82, 2.24) is 4.90 Å². The van der Waals surface area contributed by atoms with Gasteiger partial charge in [0, 0.05) is 12.6 Å². The lowest BCUT2D eigenvalue weighted by Crippen LogP contribution is -2.34. The molecule has 26 heavy (non-hydrogen) atoms. The third-order valence-corrected chi connectivity index (χ3v) is 4.95. The summed E-state index contributed by atoms with van der Waals surface area (Å²) in [4.78, 5) is 26.5. The molecule has 1 aromatic carbocycles. The summed E-state index contributed by atoms with van der Waals surface area (Å²) >= 11 is 1.30. The van der Waals surface area contributed by atoms with E-state index in [9.17, 15) is 14.0 Å². The topological polar surface area (TPSA) is 58.6 Å². The maximum Gasteiger partial charge on any atom is 0.341 e. The number of nitrogens with one attached hydrogen (secondary N) is 1. The molecule has 0 aliphatic heterocycles. The van der Waals surface area contributed by atoms with E-state index in [2.05, 4.69) is 10.2 Å². The van der Waals surface area contributed by atoms with Crippen molar-refractivity contribution < 1.29 is 18.7 Å². The minimum Gasteiger partial charge on any atom is -0.462 e. The van der Waals surface area contributed by atoms with Crippen molar-refractivity contribution in [3.8, 4) is 0 Å². The smallest absolute Gasteiger partial charge is 0.341 e. The van der Waals surface area contributed by atoms with Gasteiger partial charge in [0.25, 0.3) is 0 Å². The highest BCUT2D eigenvalue weighted by Gasteiger charge is 2.30. The monoisotopic (exact) mass is 376 g/mol. The Labute approximate surface area is 155 Å². The largest absolute Gasteiger partial charge is 0.462 e. The van der Waals surface area contributed by atoms with Crippen LogP contribution in [-0.4, -0.2) is 36.0 Å². The molecule has 1 aliphatic carbocycles. The summed E-state index contributed by atoms with van der Waals surface area (Å²) in [6, 6.07) is 8.35. The summed E-state index contributed by atoms with van der Waals surface area (Å²) in [6.07, 6.45) is 2.11. The quantitative estimate of drug-likeness (QED) is 0.714. The molecule has 0 spiro atoms. The Hall–Kier alpha value is -2.25. The number of benzene rings is 1. The number of carbonyl (C=O) groups excluding carboxylic acids is 2. The zero-order chi connectivity index (χ0) is 18.5. The van der Waals surface area contributed by atoms with Gasteiger partial charge in [0.15, 0.2) is 0 Å². The number of esters is 1. The molecule has 0 atom stereocenters. The first-order valence-electron chi connectivity index (χ1n) is 8.59. The Balaban J connectivity index is 1.61. The Kier molecular flexibility index (Phi) is 6.00. The molecule has 1 N–H and O–H groups in total. The van der Waals surface area contributed by atoms with Crippen molar-refractivity contribution in [2.24, 2.45) is 0 Å². The number of halogens is 1. The van der Waals surface area contributed by atoms with Gasteiger partial charge in [-0.25, -0.2) is 9.18 Å². The molecule has 1 fully saturated rings. The van der Waals surface area contributed by atoms with E-state index in [1.165, 1.54) is 23.5 Å². The fourth-order valence-corrected chi connectivity index (χ4v) is 3.50. The highest BCUT2D eigenvalue weighted by Crippen LogP contribution is 2.29. The SMILES string of the molecule is CCOC(=O)c1ccsc1NC(=O)CN(Cc1ccc(F)cc1)C1CC1. The van der Waals surface area contributed by atoms with Crippen molar-refractivity contribution in [2.75, 3.05) is 18.5 Å². The summed E-state index contributed by atoms with van der Waals surface area (Å²) in [6.45, 7) is 2.84. The van der Waals surface area contributed by atoms with Crippen LogP contribution in [0.5, 0.6) is 0 Å². The molecule has 1 aliphatic rings. The van der Waals surface area contributed by atoms with Crippen LogP contribution in [0.4, 0.5) is 9.39 Å². The van der Waals surface area contributed by atoms with Gasteiger partial charge < -0.3 is 10.1 Å². The van der Waals surface area contributed by atoms with Gasteiger partial charge in [0.1, 0.15) is 10.8 Å². The molecule has 3 rings (SSSR count). The van der Waals surface area contributed by atoms with Gasteiger partial charge in [-0.2, -0.15) is 0 Å². The molecular weight excluding hydrogens is 355 g/mol. The lowest BCUT2D eigenvalue weighted by molar-refractivity contribution is -0.117. The molecule has 1 saturated carbocycles. The van der Waals surface area contributed by atoms with E-state index in [1.807, 2.05) is 0 Å². The Morgan fingerprint density at radius 1 is 1.27 bits per heavy atom. The minimum atomic E-state index is -0.436. The van der Waals surface area contributed by atoms with Crippen LogP contribution in [0.2, 0.25) is 0 Å².